The van der Waals surface area contributed by atoms with Gasteiger partial charge in [0, 0.05) is 43.3 Å². The molecule has 1 saturated carbocycles. The van der Waals surface area contributed by atoms with Gasteiger partial charge in [-0.05, 0) is 50.0 Å². The van der Waals surface area contributed by atoms with E-state index in [9.17, 15) is 0 Å². The van der Waals surface area contributed by atoms with Crippen molar-refractivity contribution in [1.82, 2.24) is 14.5 Å². The lowest BCUT2D eigenvalue weighted by Crippen LogP contribution is -2.36. The summed E-state index contributed by atoms with van der Waals surface area (Å²) >= 11 is 8.27. The minimum atomic E-state index is 0.556. The predicted octanol–water partition coefficient (Wildman–Crippen LogP) is 4.70. The Kier molecular flexibility index (Phi) is 6.13. The van der Waals surface area contributed by atoms with Gasteiger partial charge in [0.1, 0.15) is 0 Å². The summed E-state index contributed by atoms with van der Waals surface area (Å²) in [5, 5.41) is 16.4. The first-order chi connectivity index (χ1) is 13.7. The van der Waals surface area contributed by atoms with Gasteiger partial charge in [0.05, 0.1) is 28.6 Å². The molecule has 3 N–H and O–H groups in total. The highest BCUT2D eigenvalue weighted by Gasteiger charge is 2.25. The minimum Gasteiger partial charge on any atom is -0.370 e. The molecule has 2 aliphatic rings. The maximum Gasteiger partial charge on any atom is 0.0770 e. The standard InChI is InChI=1S/C20H27ClN6S/c1-28-24-11-14-4-6-26(7-5-14)20-9-19(15(10-22)8-18(20)21)25-16-12-23-27(13-16)17-2-3-17/h8-10,12-14,17,22,24-25H,2-7,11H2,1H3. The molecular formula is C20H27ClN6S. The summed E-state index contributed by atoms with van der Waals surface area (Å²) < 4.78 is 5.40. The molecule has 0 bridgehead atoms. The number of hydrogen-bond acceptors (Lipinski definition) is 6. The summed E-state index contributed by atoms with van der Waals surface area (Å²) in [6, 6.07) is 4.52. The number of anilines is 3. The zero-order chi connectivity index (χ0) is 19.5. The Balaban J connectivity index is 1.50. The van der Waals surface area contributed by atoms with Crippen molar-refractivity contribution >= 4 is 46.8 Å². The molecule has 0 radical (unpaired) electrons. The number of rotatable bonds is 8. The molecule has 6 nitrogen and oxygen atoms in total. The van der Waals surface area contributed by atoms with Crippen LogP contribution in [0.2, 0.25) is 5.02 Å². The van der Waals surface area contributed by atoms with Crippen molar-refractivity contribution in [2.24, 2.45) is 5.92 Å². The average Bonchev–Trinajstić information content (AvgIpc) is 3.47. The number of benzene rings is 1. The summed E-state index contributed by atoms with van der Waals surface area (Å²) in [4.78, 5) is 2.37. The van der Waals surface area contributed by atoms with Gasteiger partial charge in [0.15, 0.2) is 0 Å². The maximum absolute atomic E-state index is 7.77. The Bertz CT molecular complexity index is 826. The molecular weight excluding hydrogens is 392 g/mol. The van der Waals surface area contributed by atoms with Crippen molar-refractivity contribution in [2.45, 2.75) is 31.7 Å². The molecule has 1 aromatic carbocycles. The van der Waals surface area contributed by atoms with Crippen LogP contribution < -0.4 is 14.9 Å². The van der Waals surface area contributed by atoms with E-state index in [0.29, 0.717) is 17.0 Å². The van der Waals surface area contributed by atoms with Crippen LogP contribution in [0.5, 0.6) is 0 Å². The largest absolute Gasteiger partial charge is 0.370 e. The monoisotopic (exact) mass is 418 g/mol. The van der Waals surface area contributed by atoms with Crippen LogP contribution in [0.1, 0.15) is 37.3 Å². The van der Waals surface area contributed by atoms with Crippen molar-refractivity contribution in [3.8, 4) is 0 Å². The molecule has 150 valence electrons. The zero-order valence-electron chi connectivity index (χ0n) is 16.1. The van der Waals surface area contributed by atoms with Crippen LogP contribution in [0.4, 0.5) is 17.1 Å². The lowest BCUT2D eigenvalue weighted by atomic mass is 9.96. The normalized spacial score (nSPS) is 17.7. The Morgan fingerprint density at radius 2 is 2.07 bits per heavy atom. The highest BCUT2D eigenvalue weighted by molar-refractivity contribution is 7.96. The highest BCUT2D eigenvalue weighted by Crippen LogP contribution is 2.37. The number of halogens is 1. The van der Waals surface area contributed by atoms with Gasteiger partial charge < -0.3 is 15.6 Å². The lowest BCUT2D eigenvalue weighted by Gasteiger charge is -2.34. The third kappa shape index (κ3) is 4.47. The van der Waals surface area contributed by atoms with Crippen molar-refractivity contribution < 1.29 is 0 Å². The molecule has 1 saturated heterocycles. The number of hydrogen-bond donors (Lipinski definition) is 3. The van der Waals surface area contributed by atoms with E-state index in [1.807, 2.05) is 23.1 Å². The van der Waals surface area contributed by atoms with E-state index in [0.717, 1.165) is 55.1 Å². The van der Waals surface area contributed by atoms with Crippen molar-refractivity contribution in [3.63, 3.8) is 0 Å². The van der Waals surface area contributed by atoms with E-state index < -0.39 is 0 Å². The van der Waals surface area contributed by atoms with E-state index in [1.54, 1.807) is 11.9 Å². The van der Waals surface area contributed by atoms with Gasteiger partial charge in [-0.2, -0.15) is 5.10 Å². The third-order valence-corrected chi connectivity index (χ3v) is 6.31. The first-order valence-corrected chi connectivity index (χ1v) is 11.4. The van der Waals surface area contributed by atoms with Crippen LogP contribution in [0.3, 0.4) is 0 Å². The number of nitrogens with zero attached hydrogens (tertiary/aromatic N) is 3. The molecule has 0 atom stereocenters. The molecule has 2 fully saturated rings. The maximum atomic E-state index is 7.77. The molecule has 0 spiro atoms. The second-order valence-corrected chi connectivity index (χ2v) is 8.69. The van der Waals surface area contributed by atoms with E-state index in [-0.39, 0.29) is 0 Å². The first kappa shape index (κ1) is 19.6. The fourth-order valence-corrected chi connectivity index (χ4v) is 4.42. The second kappa shape index (κ2) is 8.76. The molecule has 4 rings (SSSR count). The molecule has 28 heavy (non-hydrogen) atoms. The summed E-state index contributed by atoms with van der Waals surface area (Å²) in [6.45, 7) is 3.07. The SMILES string of the molecule is CSNCC1CCN(c2cc(Nc3cnn(C4CC4)c3)c(C=N)cc2Cl)CC1. The molecule has 2 aromatic rings. The van der Waals surface area contributed by atoms with Gasteiger partial charge in [0.2, 0.25) is 0 Å². The van der Waals surface area contributed by atoms with Gasteiger partial charge in [-0.15, -0.1) is 0 Å². The van der Waals surface area contributed by atoms with Crippen molar-refractivity contribution in [3.05, 3.63) is 35.1 Å². The van der Waals surface area contributed by atoms with Crippen molar-refractivity contribution in [1.29, 1.82) is 5.41 Å². The molecule has 1 aromatic heterocycles. The molecule has 0 unspecified atom stereocenters. The summed E-state index contributed by atoms with van der Waals surface area (Å²) in [5.74, 6) is 0.717. The zero-order valence-corrected chi connectivity index (χ0v) is 17.7. The van der Waals surface area contributed by atoms with Gasteiger partial charge in [-0.3, -0.25) is 9.40 Å². The molecule has 8 heteroatoms. The predicted molar refractivity (Wildman–Crippen MR) is 120 cm³/mol. The number of nitrogens with one attached hydrogen (secondary N) is 3. The van der Waals surface area contributed by atoms with Crippen LogP contribution in [-0.2, 0) is 0 Å². The van der Waals surface area contributed by atoms with E-state index >= 15 is 0 Å². The van der Waals surface area contributed by atoms with E-state index in [2.05, 4.69) is 32.4 Å². The topological polar surface area (TPSA) is 69.0 Å². The molecule has 1 aliphatic heterocycles. The van der Waals surface area contributed by atoms with Gasteiger partial charge in [-0.25, -0.2) is 0 Å². The summed E-state index contributed by atoms with van der Waals surface area (Å²) in [5.41, 5.74) is 3.67. The van der Waals surface area contributed by atoms with Gasteiger partial charge >= 0.3 is 0 Å². The Morgan fingerprint density at radius 3 is 2.75 bits per heavy atom. The highest BCUT2D eigenvalue weighted by atomic mass is 35.5. The van der Waals surface area contributed by atoms with E-state index in [1.165, 1.54) is 19.1 Å². The second-order valence-electron chi connectivity index (χ2n) is 7.58. The first-order valence-electron chi connectivity index (χ1n) is 9.84. The fourth-order valence-electron chi connectivity index (χ4n) is 3.72. The fraction of sp³-hybridized carbons (Fsp3) is 0.500. The van der Waals surface area contributed by atoms with Gasteiger partial charge in [-0.1, -0.05) is 23.5 Å². The van der Waals surface area contributed by atoms with Crippen LogP contribution in [-0.4, -0.2) is 41.9 Å². The Hall–Kier alpha value is -1.70. The van der Waals surface area contributed by atoms with Crippen LogP contribution in [0, 0.1) is 11.3 Å². The summed E-state index contributed by atoms with van der Waals surface area (Å²) in [6.07, 6.45) is 12.1. The summed E-state index contributed by atoms with van der Waals surface area (Å²) in [7, 11) is 0. The molecule has 0 amide bonds. The quantitative estimate of drug-likeness (QED) is 0.428. The lowest BCUT2D eigenvalue weighted by molar-refractivity contribution is 0.407. The van der Waals surface area contributed by atoms with Crippen LogP contribution >= 0.6 is 23.5 Å². The Morgan fingerprint density at radius 1 is 1.29 bits per heavy atom. The van der Waals surface area contributed by atoms with Crippen LogP contribution in [0.15, 0.2) is 24.5 Å². The van der Waals surface area contributed by atoms with Gasteiger partial charge in [0.25, 0.3) is 0 Å². The van der Waals surface area contributed by atoms with Crippen LogP contribution in [0.25, 0.3) is 0 Å². The van der Waals surface area contributed by atoms with Crippen molar-refractivity contribution in [2.75, 3.05) is 36.1 Å². The molecule has 2 heterocycles. The Labute approximate surface area is 175 Å². The number of aromatic nitrogens is 2. The molecule has 1 aliphatic carbocycles. The average molecular weight is 419 g/mol. The van der Waals surface area contributed by atoms with E-state index in [4.69, 9.17) is 17.0 Å². The number of piperidine rings is 1. The third-order valence-electron chi connectivity index (χ3n) is 5.55. The smallest absolute Gasteiger partial charge is 0.0770 e. The minimum absolute atomic E-state index is 0.556.